The smallest absolute Gasteiger partial charge is 0.324 e. The molecule has 27 heavy (non-hydrogen) atoms. The Hall–Kier alpha value is -2.57. The van der Waals surface area contributed by atoms with Crippen LogP contribution in [0.1, 0.15) is 17.0 Å². The lowest BCUT2D eigenvalue weighted by Crippen LogP contribution is -2.51. The van der Waals surface area contributed by atoms with Crippen molar-refractivity contribution in [1.82, 2.24) is 5.32 Å². The fourth-order valence-electron chi connectivity index (χ4n) is 3.50. The number of thiol groups is 1. The maximum atomic E-state index is 12.8. The second-order valence-electron chi connectivity index (χ2n) is 6.29. The van der Waals surface area contributed by atoms with Crippen LogP contribution in [0.4, 0.5) is 0 Å². The first-order valence-electron chi connectivity index (χ1n) is 8.64. The number of hydrogen-bond donors (Lipinski definition) is 3. The highest BCUT2D eigenvalue weighted by Gasteiger charge is 2.40. The number of carbonyl (C=O) groups is 2. The Bertz CT molecular complexity index is 821. The predicted octanol–water partition coefficient (Wildman–Crippen LogP) is 2.87. The molecule has 0 saturated carbocycles. The first-order valence-corrected chi connectivity index (χ1v) is 9.27. The molecule has 6 heteroatoms. The van der Waals surface area contributed by atoms with Crippen LogP contribution >= 0.6 is 12.6 Å². The van der Waals surface area contributed by atoms with E-state index in [9.17, 15) is 14.7 Å². The summed E-state index contributed by atoms with van der Waals surface area (Å²) in [5, 5.41) is 12.4. The van der Waals surface area contributed by atoms with Gasteiger partial charge in [0.2, 0.25) is 0 Å². The molecule has 0 bridgehead atoms. The molecule has 3 rings (SSSR count). The topological polar surface area (TPSA) is 75.6 Å². The van der Waals surface area contributed by atoms with Crippen molar-refractivity contribution in [1.29, 1.82) is 0 Å². The Morgan fingerprint density at radius 1 is 1.15 bits per heavy atom. The van der Waals surface area contributed by atoms with E-state index in [2.05, 4.69) is 24.5 Å². The third kappa shape index (κ3) is 3.77. The SMILES string of the molecule is C=CCOC(=O)C(NC(CS)C(=O)O)C1c2ccccc2-c2ccccc21. The lowest BCUT2D eigenvalue weighted by Gasteiger charge is -2.27. The minimum Gasteiger partial charge on any atom is -0.480 e. The normalized spacial score (nSPS) is 14.7. The Kier molecular flexibility index (Phi) is 5.98. The number of ether oxygens (including phenoxy) is 1. The molecule has 5 nitrogen and oxygen atoms in total. The summed E-state index contributed by atoms with van der Waals surface area (Å²) >= 11 is 4.11. The van der Waals surface area contributed by atoms with Gasteiger partial charge >= 0.3 is 11.9 Å². The summed E-state index contributed by atoms with van der Waals surface area (Å²) in [6, 6.07) is 13.8. The molecule has 2 aromatic rings. The second-order valence-corrected chi connectivity index (χ2v) is 6.65. The largest absolute Gasteiger partial charge is 0.480 e. The number of fused-ring (bicyclic) bond motifs is 3. The Labute approximate surface area is 163 Å². The first-order chi connectivity index (χ1) is 13.1. The van der Waals surface area contributed by atoms with E-state index in [0.29, 0.717) is 0 Å². The highest BCUT2D eigenvalue weighted by atomic mass is 32.1. The number of aliphatic carboxylic acids is 1. The molecule has 0 aromatic heterocycles. The average Bonchev–Trinajstić information content (AvgIpc) is 3.01. The summed E-state index contributed by atoms with van der Waals surface area (Å²) < 4.78 is 5.28. The summed E-state index contributed by atoms with van der Waals surface area (Å²) in [5.74, 6) is -1.88. The number of carboxylic acid groups (broad SMARTS) is 1. The van der Waals surface area contributed by atoms with Crippen molar-refractivity contribution in [3.05, 3.63) is 72.3 Å². The third-order valence-electron chi connectivity index (χ3n) is 4.67. The van der Waals surface area contributed by atoms with Gasteiger partial charge in [-0.15, -0.1) is 0 Å². The summed E-state index contributed by atoms with van der Waals surface area (Å²) in [4.78, 5) is 24.4. The van der Waals surface area contributed by atoms with Crippen LogP contribution in [0.2, 0.25) is 0 Å². The van der Waals surface area contributed by atoms with E-state index in [-0.39, 0.29) is 18.3 Å². The molecule has 0 heterocycles. The van der Waals surface area contributed by atoms with Crippen molar-refractivity contribution in [3.63, 3.8) is 0 Å². The molecule has 0 radical (unpaired) electrons. The zero-order valence-corrected chi connectivity index (χ0v) is 15.6. The van der Waals surface area contributed by atoms with Crippen molar-refractivity contribution in [3.8, 4) is 11.1 Å². The Morgan fingerprint density at radius 2 is 1.70 bits per heavy atom. The number of esters is 1. The van der Waals surface area contributed by atoms with Crippen molar-refractivity contribution >= 4 is 24.6 Å². The highest BCUT2D eigenvalue weighted by Crippen LogP contribution is 2.46. The van der Waals surface area contributed by atoms with Gasteiger partial charge in [0.25, 0.3) is 0 Å². The van der Waals surface area contributed by atoms with Crippen LogP contribution in [0, 0.1) is 0 Å². The number of rotatable bonds is 8. The van der Waals surface area contributed by atoms with Gasteiger partial charge in [-0.2, -0.15) is 12.6 Å². The molecule has 0 spiro atoms. The quantitative estimate of drug-likeness (QED) is 0.371. The molecular weight excluding hydrogens is 362 g/mol. The molecule has 1 aliphatic rings. The van der Waals surface area contributed by atoms with Gasteiger partial charge in [-0.05, 0) is 22.3 Å². The molecule has 0 aliphatic heterocycles. The molecule has 0 fully saturated rings. The molecule has 1 aliphatic carbocycles. The van der Waals surface area contributed by atoms with E-state index < -0.39 is 24.0 Å². The molecule has 2 atom stereocenters. The third-order valence-corrected chi connectivity index (χ3v) is 5.04. The standard InChI is InChI=1S/C21H21NO4S/c1-2-11-26-21(25)19(22-17(12-27)20(23)24)18-15-9-5-3-7-13(15)14-8-4-6-10-16(14)18/h2-10,17-19,22,27H,1,11-12H2,(H,23,24). The summed E-state index contributed by atoms with van der Waals surface area (Å²) in [7, 11) is 0. The monoisotopic (exact) mass is 383 g/mol. The van der Waals surface area contributed by atoms with E-state index >= 15 is 0 Å². The van der Waals surface area contributed by atoms with E-state index in [1.807, 2.05) is 48.5 Å². The molecule has 2 N–H and O–H groups in total. The summed E-state index contributed by atoms with van der Waals surface area (Å²) in [5.41, 5.74) is 4.02. The molecule has 2 unspecified atom stereocenters. The highest BCUT2D eigenvalue weighted by molar-refractivity contribution is 7.80. The summed E-state index contributed by atoms with van der Waals surface area (Å²) in [6.07, 6.45) is 1.48. The number of nitrogens with one attached hydrogen (secondary N) is 1. The number of benzene rings is 2. The van der Waals surface area contributed by atoms with Gasteiger partial charge in [-0.1, -0.05) is 61.2 Å². The van der Waals surface area contributed by atoms with E-state index in [1.54, 1.807) is 0 Å². The van der Waals surface area contributed by atoms with Gasteiger partial charge in [-0.25, -0.2) is 0 Å². The lowest BCUT2D eigenvalue weighted by molar-refractivity contribution is -0.146. The van der Waals surface area contributed by atoms with Crippen molar-refractivity contribution in [2.75, 3.05) is 12.4 Å². The van der Waals surface area contributed by atoms with Gasteiger partial charge in [0.05, 0.1) is 0 Å². The maximum absolute atomic E-state index is 12.8. The molecule has 140 valence electrons. The van der Waals surface area contributed by atoms with Gasteiger partial charge in [0.15, 0.2) is 0 Å². The zero-order valence-electron chi connectivity index (χ0n) is 14.7. The second kappa shape index (κ2) is 8.41. The van der Waals surface area contributed by atoms with Gasteiger partial charge in [0, 0.05) is 11.7 Å². The van der Waals surface area contributed by atoms with Crippen LogP contribution in [0.25, 0.3) is 11.1 Å². The van der Waals surface area contributed by atoms with Crippen molar-refractivity contribution < 1.29 is 19.4 Å². The number of carboxylic acids is 1. The molecule has 2 aromatic carbocycles. The van der Waals surface area contributed by atoms with Crippen LogP contribution in [0.3, 0.4) is 0 Å². The zero-order chi connectivity index (χ0) is 19.4. The van der Waals surface area contributed by atoms with Crippen LogP contribution in [-0.2, 0) is 14.3 Å². The number of hydrogen-bond acceptors (Lipinski definition) is 5. The Balaban J connectivity index is 2.06. The van der Waals surface area contributed by atoms with Gasteiger partial charge < -0.3 is 9.84 Å². The summed E-state index contributed by atoms with van der Waals surface area (Å²) in [6.45, 7) is 3.62. The molecule has 0 amide bonds. The van der Waals surface area contributed by atoms with Crippen LogP contribution in [0.5, 0.6) is 0 Å². The van der Waals surface area contributed by atoms with Gasteiger partial charge in [-0.3, -0.25) is 14.9 Å². The van der Waals surface area contributed by atoms with Crippen molar-refractivity contribution in [2.24, 2.45) is 0 Å². The lowest BCUT2D eigenvalue weighted by atomic mass is 9.88. The van der Waals surface area contributed by atoms with E-state index in [4.69, 9.17) is 4.74 Å². The first kappa shape index (κ1) is 19.2. The van der Waals surface area contributed by atoms with Crippen LogP contribution < -0.4 is 5.32 Å². The van der Waals surface area contributed by atoms with Crippen molar-refractivity contribution in [2.45, 2.75) is 18.0 Å². The van der Waals surface area contributed by atoms with E-state index in [1.165, 1.54) is 6.08 Å². The maximum Gasteiger partial charge on any atom is 0.324 e. The fourth-order valence-corrected chi connectivity index (χ4v) is 3.77. The van der Waals surface area contributed by atoms with E-state index in [0.717, 1.165) is 22.3 Å². The van der Waals surface area contributed by atoms with Crippen LogP contribution in [0.15, 0.2) is 61.2 Å². The average molecular weight is 383 g/mol. The number of carbonyl (C=O) groups excluding carboxylic acids is 1. The molecule has 0 saturated heterocycles. The fraction of sp³-hybridized carbons (Fsp3) is 0.238. The predicted molar refractivity (Wildman–Crippen MR) is 107 cm³/mol. The Morgan fingerprint density at radius 3 is 2.19 bits per heavy atom. The minimum atomic E-state index is -1.06. The molecular formula is C21H21NO4S. The van der Waals surface area contributed by atoms with Crippen LogP contribution in [-0.4, -0.2) is 41.5 Å². The minimum absolute atomic E-state index is 0.0522. The van der Waals surface area contributed by atoms with Gasteiger partial charge in [0.1, 0.15) is 18.7 Å².